The predicted molar refractivity (Wildman–Crippen MR) is 66.4 cm³/mol. The molecular weight excluding hydrogens is 241 g/mol. The van der Waals surface area contributed by atoms with Crippen LogP contribution in [-0.2, 0) is 10.5 Å². The topological polar surface area (TPSA) is 41.8 Å². The fourth-order valence-corrected chi connectivity index (χ4v) is 2.54. The lowest BCUT2D eigenvalue weighted by Gasteiger charge is -2.26. The van der Waals surface area contributed by atoms with Crippen LogP contribution in [0.15, 0.2) is 29.3 Å². The standard InChI is InChI=1S/C12H14FNO2S/c1-11(2)14-10(17-3)12(15,16-11)8-4-6-9(13)7-5-8/h4-7,15H,1-3H3. The third-order valence-electron chi connectivity index (χ3n) is 2.49. The van der Waals surface area contributed by atoms with Gasteiger partial charge in [-0.15, -0.1) is 11.8 Å². The zero-order valence-electron chi connectivity index (χ0n) is 9.90. The summed E-state index contributed by atoms with van der Waals surface area (Å²) < 4.78 is 18.4. The van der Waals surface area contributed by atoms with Gasteiger partial charge in [0.1, 0.15) is 10.9 Å². The van der Waals surface area contributed by atoms with E-state index in [1.807, 2.05) is 6.26 Å². The SMILES string of the molecule is CSC1=NC(C)(C)OC1(O)c1ccc(F)cc1. The van der Waals surface area contributed by atoms with Crippen LogP contribution in [0.25, 0.3) is 0 Å². The summed E-state index contributed by atoms with van der Waals surface area (Å²) >= 11 is 1.32. The van der Waals surface area contributed by atoms with Gasteiger partial charge in [-0.2, -0.15) is 0 Å². The zero-order valence-corrected chi connectivity index (χ0v) is 10.7. The minimum absolute atomic E-state index is 0.350. The van der Waals surface area contributed by atoms with Gasteiger partial charge >= 0.3 is 0 Å². The second-order valence-electron chi connectivity index (χ2n) is 4.32. The molecule has 2 rings (SSSR count). The summed E-state index contributed by atoms with van der Waals surface area (Å²) in [6, 6.07) is 5.59. The maximum atomic E-state index is 12.9. The molecule has 0 aromatic heterocycles. The molecule has 0 amide bonds. The summed E-state index contributed by atoms with van der Waals surface area (Å²) in [7, 11) is 0. The van der Waals surface area contributed by atoms with Gasteiger partial charge in [0, 0.05) is 5.56 Å². The number of rotatable bonds is 1. The highest BCUT2D eigenvalue weighted by molar-refractivity contribution is 8.13. The Labute approximate surface area is 104 Å². The van der Waals surface area contributed by atoms with E-state index >= 15 is 0 Å². The van der Waals surface area contributed by atoms with Gasteiger partial charge in [0.2, 0.25) is 5.79 Å². The van der Waals surface area contributed by atoms with Gasteiger partial charge in [0.25, 0.3) is 0 Å². The number of hydrogen-bond acceptors (Lipinski definition) is 4. The third kappa shape index (κ3) is 2.22. The Morgan fingerprint density at radius 1 is 1.29 bits per heavy atom. The molecule has 1 aromatic carbocycles. The Bertz CT molecular complexity index is 458. The van der Waals surface area contributed by atoms with Gasteiger partial charge in [-0.05, 0) is 32.2 Å². The molecule has 1 heterocycles. The molecule has 0 bridgehead atoms. The molecule has 1 aliphatic heterocycles. The van der Waals surface area contributed by atoms with Crippen molar-refractivity contribution in [2.24, 2.45) is 4.99 Å². The average Bonchev–Trinajstić information content (AvgIpc) is 2.50. The number of hydrogen-bond donors (Lipinski definition) is 1. The first kappa shape index (κ1) is 12.5. The van der Waals surface area contributed by atoms with Gasteiger partial charge in [-0.25, -0.2) is 9.38 Å². The van der Waals surface area contributed by atoms with Crippen LogP contribution >= 0.6 is 11.8 Å². The lowest BCUT2D eigenvalue weighted by atomic mass is 10.1. The molecule has 0 spiro atoms. The Kier molecular flexibility index (Phi) is 3.01. The molecule has 0 saturated carbocycles. The van der Waals surface area contributed by atoms with E-state index in [9.17, 15) is 9.50 Å². The van der Waals surface area contributed by atoms with Crippen molar-refractivity contribution < 1.29 is 14.2 Å². The minimum atomic E-state index is -1.57. The molecule has 1 atom stereocenters. The molecule has 0 radical (unpaired) electrons. The number of nitrogens with zero attached hydrogens (tertiary/aromatic N) is 1. The molecule has 5 heteroatoms. The molecule has 1 N–H and O–H groups in total. The molecule has 0 aliphatic carbocycles. The molecule has 1 aliphatic rings. The summed E-state index contributed by atoms with van der Waals surface area (Å²) in [6.07, 6.45) is 1.82. The number of halogens is 1. The third-order valence-corrected chi connectivity index (χ3v) is 3.24. The summed E-state index contributed by atoms with van der Waals surface area (Å²) in [5, 5.41) is 11.0. The first-order valence-electron chi connectivity index (χ1n) is 5.20. The van der Waals surface area contributed by atoms with E-state index in [2.05, 4.69) is 4.99 Å². The fourth-order valence-electron chi connectivity index (χ4n) is 1.79. The van der Waals surface area contributed by atoms with Crippen LogP contribution in [0, 0.1) is 5.82 Å². The number of ether oxygens (including phenoxy) is 1. The Morgan fingerprint density at radius 2 is 1.88 bits per heavy atom. The molecule has 3 nitrogen and oxygen atoms in total. The van der Waals surface area contributed by atoms with Gasteiger partial charge in [0.05, 0.1) is 0 Å². The largest absolute Gasteiger partial charge is 0.356 e. The van der Waals surface area contributed by atoms with Gasteiger partial charge in [-0.3, -0.25) is 0 Å². The number of aliphatic hydroxyl groups is 1. The maximum Gasteiger partial charge on any atom is 0.245 e. The van der Waals surface area contributed by atoms with Crippen molar-refractivity contribution in [1.29, 1.82) is 0 Å². The van der Waals surface area contributed by atoms with Crippen LogP contribution in [0.1, 0.15) is 19.4 Å². The highest BCUT2D eigenvalue weighted by Crippen LogP contribution is 2.40. The molecule has 1 unspecified atom stereocenters. The lowest BCUT2D eigenvalue weighted by molar-refractivity contribution is -0.198. The molecule has 1 aromatic rings. The van der Waals surface area contributed by atoms with Crippen molar-refractivity contribution in [1.82, 2.24) is 0 Å². The Morgan fingerprint density at radius 3 is 2.41 bits per heavy atom. The van der Waals surface area contributed by atoms with Crippen molar-refractivity contribution in [2.45, 2.75) is 25.4 Å². The van der Waals surface area contributed by atoms with Crippen LogP contribution in [-0.4, -0.2) is 22.1 Å². The van der Waals surface area contributed by atoms with Crippen molar-refractivity contribution in [2.75, 3.05) is 6.26 Å². The molecule has 0 saturated heterocycles. The molecule has 92 valence electrons. The molecular formula is C12H14FNO2S. The predicted octanol–water partition coefficient (Wildman–Crippen LogP) is 2.50. The molecule has 17 heavy (non-hydrogen) atoms. The second-order valence-corrected chi connectivity index (χ2v) is 5.12. The highest BCUT2D eigenvalue weighted by atomic mass is 32.2. The maximum absolute atomic E-state index is 12.9. The van der Waals surface area contributed by atoms with E-state index in [1.54, 1.807) is 13.8 Å². The van der Waals surface area contributed by atoms with Gasteiger partial charge in [0.15, 0.2) is 5.72 Å². The first-order valence-corrected chi connectivity index (χ1v) is 6.43. The Balaban J connectivity index is 2.43. The van der Waals surface area contributed by atoms with Crippen LogP contribution < -0.4 is 0 Å². The van der Waals surface area contributed by atoms with Crippen molar-refractivity contribution in [3.63, 3.8) is 0 Å². The summed E-state index contributed by atoms with van der Waals surface area (Å²) in [6.45, 7) is 3.54. The Hall–Kier alpha value is -0.910. The highest BCUT2D eigenvalue weighted by Gasteiger charge is 2.47. The van der Waals surface area contributed by atoms with Crippen molar-refractivity contribution >= 4 is 16.8 Å². The quantitative estimate of drug-likeness (QED) is 0.838. The van der Waals surface area contributed by atoms with Crippen molar-refractivity contribution in [3.05, 3.63) is 35.6 Å². The van der Waals surface area contributed by atoms with Gasteiger partial charge in [-0.1, -0.05) is 12.1 Å². The fraction of sp³-hybridized carbons (Fsp3) is 0.417. The van der Waals surface area contributed by atoms with Crippen LogP contribution in [0.3, 0.4) is 0 Å². The average molecular weight is 255 g/mol. The number of benzene rings is 1. The minimum Gasteiger partial charge on any atom is -0.356 e. The van der Waals surface area contributed by atoms with E-state index < -0.39 is 11.5 Å². The van der Waals surface area contributed by atoms with E-state index in [-0.39, 0.29) is 5.82 Å². The van der Waals surface area contributed by atoms with E-state index in [0.717, 1.165) is 0 Å². The van der Waals surface area contributed by atoms with Crippen LogP contribution in [0.4, 0.5) is 4.39 Å². The van der Waals surface area contributed by atoms with Gasteiger partial charge < -0.3 is 9.84 Å². The zero-order chi connectivity index (χ0) is 12.7. The van der Waals surface area contributed by atoms with E-state index in [1.165, 1.54) is 36.0 Å². The van der Waals surface area contributed by atoms with E-state index in [0.29, 0.717) is 10.6 Å². The molecule has 0 fully saturated rings. The monoisotopic (exact) mass is 255 g/mol. The second kappa shape index (κ2) is 4.08. The van der Waals surface area contributed by atoms with Crippen molar-refractivity contribution in [3.8, 4) is 0 Å². The normalized spacial score (nSPS) is 27.0. The first-order chi connectivity index (χ1) is 7.87. The smallest absolute Gasteiger partial charge is 0.245 e. The summed E-state index contributed by atoms with van der Waals surface area (Å²) in [5.74, 6) is -1.92. The number of aliphatic imine (C=N–C) groups is 1. The van der Waals surface area contributed by atoms with Crippen LogP contribution in [0.2, 0.25) is 0 Å². The lowest BCUT2D eigenvalue weighted by Crippen LogP contribution is -2.36. The summed E-state index contributed by atoms with van der Waals surface area (Å²) in [5.41, 5.74) is -0.292. The van der Waals surface area contributed by atoms with Crippen LogP contribution in [0.5, 0.6) is 0 Å². The summed E-state index contributed by atoms with van der Waals surface area (Å²) in [4.78, 5) is 4.30. The number of thioether (sulfide) groups is 1. The van der Waals surface area contributed by atoms with E-state index in [4.69, 9.17) is 4.74 Å².